The van der Waals surface area contributed by atoms with Crippen LogP contribution in [-0.4, -0.2) is 59.7 Å². The molecule has 4 rings (SSSR count). The molecular formula is C22H27FN4O3S. The fourth-order valence-corrected chi connectivity index (χ4v) is 5.79. The van der Waals surface area contributed by atoms with Crippen molar-refractivity contribution < 1.29 is 17.6 Å². The molecule has 0 N–H and O–H groups in total. The Bertz CT molecular complexity index is 1040. The van der Waals surface area contributed by atoms with E-state index < -0.39 is 15.8 Å². The fourth-order valence-electron chi connectivity index (χ4n) is 4.32. The van der Waals surface area contributed by atoms with Gasteiger partial charge in [0, 0.05) is 32.4 Å². The smallest absolute Gasteiger partial charge is 0.257 e. The lowest BCUT2D eigenvalue weighted by Crippen LogP contribution is -2.39. The van der Waals surface area contributed by atoms with Gasteiger partial charge in [-0.1, -0.05) is 0 Å². The first-order valence-corrected chi connectivity index (χ1v) is 12.2. The molecule has 2 aliphatic rings. The maximum absolute atomic E-state index is 13.1. The molecule has 1 aromatic heterocycles. The molecule has 1 aromatic carbocycles. The van der Waals surface area contributed by atoms with E-state index >= 15 is 0 Å². The van der Waals surface area contributed by atoms with Crippen molar-refractivity contribution in [1.29, 1.82) is 0 Å². The number of likely N-dealkylation sites (tertiary alicyclic amines) is 1. The molecule has 0 unspecified atom stereocenters. The zero-order valence-corrected chi connectivity index (χ0v) is 18.4. The summed E-state index contributed by atoms with van der Waals surface area (Å²) in [5.41, 5.74) is 1.32. The molecular weight excluding hydrogens is 419 g/mol. The third-order valence-electron chi connectivity index (χ3n) is 6.12. The summed E-state index contributed by atoms with van der Waals surface area (Å²) in [7, 11) is -3.63. The van der Waals surface area contributed by atoms with E-state index in [0.29, 0.717) is 43.7 Å². The van der Waals surface area contributed by atoms with Crippen LogP contribution in [-0.2, 0) is 16.4 Å². The zero-order valence-electron chi connectivity index (χ0n) is 17.6. The molecule has 0 spiro atoms. The van der Waals surface area contributed by atoms with E-state index in [2.05, 4.69) is 9.97 Å². The number of hydrogen-bond donors (Lipinski definition) is 0. The summed E-state index contributed by atoms with van der Waals surface area (Å²) in [6, 6.07) is 4.93. The third-order valence-corrected chi connectivity index (χ3v) is 8.03. The van der Waals surface area contributed by atoms with Gasteiger partial charge in [0.25, 0.3) is 5.91 Å². The van der Waals surface area contributed by atoms with Crippen LogP contribution >= 0.6 is 0 Å². The number of sulfonamides is 1. The molecule has 0 radical (unpaired) electrons. The number of benzene rings is 1. The summed E-state index contributed by atoms with van der Waals surface area (Å²) < 4.78 is 40.3. The van der Waals surface area contributed by atoms with E-state index in [1.165, 1.54) is 16.4 Å². The Labute approximate surface area is 182 Å². The van der Waals surface area contributed by atoms with E-state index in [9.17, 15) is 17.6 Å². The van der Waals surface area contributed by atoms with Crippen LogP contribution in [0.3, 0.4) is 0 Å². The quantitative estimate of drug-likeness (QED) is 0.705. The van der Waals surface area contributed by atoms with Crippen molar-refractivity contribution in [3.8, 4) is 0 Å². The highest BCUT2D eigenvalue weighted by Gasteiger charge is 2.31. The van der Waals surface area contributed by atoms with E-state index in [0.717, 1.165) is 43.8 Å². The van der Waals surface area contributed by atoms with Crippen LogP contribution < -0.4 is 0 Å². The Balaban J connectivity index is 1.44. The number of halogens is 1. The summed E-state index contributed by atoms with van der Waals surface area (Å²) in [6.45, 7) is 4.14. The van der Waals surface area contributed by atoms with Crippen molar-refractivity contribution in [3.63, 3.8) is 0 Å². The molecule has 0 aliphatic carbocycles. The topological polar surface area (TPSA) is 83.5 Å². The highest BCUT2D eigenvalue weighted by molar-refractivity contribution is 7.89. The maximum atomic E-state index is 13.1. The van der Waals surface area contributed by atoms with Gasteiger partial charge in [-0.3, -0.25) is 4.79 Å². The van der Waals surface area contributed by atoms with E-state index in [1.807, 2.05) is 11.8 Å². The summed E-state index contributed by atoms with van der Waals surface area (Å²) in [6.07, 6.45) is 5.67. The second kappa shape index (κ2) is 9.00. The fraction of sp³-hybridized carbons (Fsp3) is 0.500. The molecule has 2 aliphatic heterocycles. The van der Waals surface area contributed by atoms with Crippen LogP contribution in [0.2, 0.25) is 0 Å². The van der Waals surface area contributed by atoms with Crippen molar-refractivity contribution in [3.05, 3.63) is 53.4 Å². The van der Waals surface area contributed by atoms with Crippen LogP contribution in [0.25, 0.3) is 0 Å². The van der Waals surface area contributed by atoms with Crippen LogP contribution in [0, 0.1) is 18.7 Å². The number of carbonyl (C=O) groups excluding carboxylic acids is 1. The van der Waals surface area contributed by atoms with Gasteiger partial charge in [0.05, 0.1) is 16.2 Å². The molecule has 0 atom stereocenters. The number of aromatic nitrogens is 2. The number of hydrogen-bond acceptors (Lipinski definition) is 5. The lowest BCUT2D eigenvalue weighted by molar-refractivity contribution is 0.0790. The van der Waals surface area contributed by atoms with Gasteiger partial charge in [0.15, 0.2) is 0 Å². The lowest BCUT2D eigenvalue weighted by Gasteiger charge is -2.31. The number of amides is 1. The second-order valence-corrected chi connectivity index (χ2v) is 10.2. The predicted octanol–water partition coefficient (Wildman–Crippen LogP) is 2.80. The van der Waals surface area contributed by atoms with E-state index in [-0.39, 0.29) is 16.7 Å². The van der Waals surface area contributed by atoms with Gasteiger partial charge in [-0.05, 0) is 69.2 Å². The number of piperidine rings is 1. The highest BCUT2D eigenvalue weighted by Crippen LogP contribution is 2.27. The van der Waals surface area contributed by atoms with Crippen LogP contribution in [0.1, 0.15) is 47.6 Å². The van der Waals surface area contributed by atoms with Crippen molar-refractivity contribution in [2.45, 2.75) is 43.9 Å². The number of nitrogens with zero attached hydrogens (tertiary/aromatic N) is 4. The van der Waals surface area contributed by atoms with Crippen LogP contribution in [0.15, 0.2) is 35.4 Å². The first-order valence-electron chi connectivity index (χ1n) is 10.7. The molecule has 2 aromatic rings. The van der Waals surface area contributed by atoms with Gasteiger partial charge in [0.1, 0.15) is 11.6 Å². The molecule has 1 amide bonds. The van der Waals surface area contributed by atoms with Gasteiger partial charge in [-0.2, -0.15) is 4.31 Å². The van der Waals surface area contributed by atoms with Crippen molar-refractivity contribution >= 4 is 15.9 Å². The van der Waals surface area contributed by atoms with E-state index in [4.69, 9.17) is 0 Å². The second-order valence-electron chi connectivity index (χ2n) is 8.28. The minimum Gasteiger partial charge on any atom is -0.339 e. The first-order chi connectivity index (χ1) is 14.8. The molecule has 7 nitrogen and oxygen atoms in total. The average molecular weight is 447 g/mol. The molecule has 2 fully saturated rings. The van der Waals surface area contributed by atoms with Gasteiger partial charge in [-0.15, -0.1) is 0 Å². The molecule has 0 bridgehead atoms. The molecule has 2 saturated heterocycles. The van der Waals surface area contributed by atoms with Gasteiger partial charge < -0.3 is 4.90 Å². The minimum absolute atomic E-state index is 0.0103. The van der Waals surface area contributed by atoms with E-state index in [1.54, 1.807) is 6.20 Å². The maximum Gasteiger partial charge on any atom is 0.257 e. The summed E-state index contributed by atoms with van der Waals surface area (Å²) >= 11 is 0. The number of rotatable bonds is 5. The SMILES string of the molecule is Cc1ncc(C(=O)N2CCCC2)c(CC2CCN(S(=O)(=O)c3ccc(F)cc3)CC2)n1. The van der Waals surface area contributed by atoms with Crippen molar-refractivity contribution in [1.82, 2.24) is 19.2 Å². The summed E-state index contributed by atoms with van der Waals surface area (Å²) in [5.74, 6) is 0.393. The van der Waals surface area contributed by atoms with Gasteiger partial charge in [-0.25, -0.2) is 22.8 Å². The summed E-state index contributed by atoms with van der Waals surface area (Å²) in [4.78, 5) is 23.7. The first kappa shape index (κ1) is 21.8. The zero-order chi connectivity index (χ0) is 22.0. The normalized spacial score (nSPS) is 18.5. The Hall–Kier alpha value is -2.39. The standard InChI is InChI=1S/C22H27FN4O3S/c1-16-24-15-20(22(28)26-10-2-3-11-26)21(25-16)14-17-8-12-27(13-9-17)31(29,30)19-6-4-18(23)5-7-19/h4-7,15,17H,2-3,8-14H2,1H3. The van der Waals surface area contributed by atoms with Crippen LogP contribution in [0.5, 0.6) is 0 Å². The molecule has 9 heteroatoms. The Morgan fingerprint density at radius 1 is 1.10 bits per heavy atom. The monoisotopic (exact) mass is 446 g/mol. The van der Waals surface area contributed by atoms with Crippen molar-refractivity contribution in [2.75, 3.05) is 26.2 Å². The average Bonchev–Trinajstić information content (AvgIpc) is 3.29. The molecule has 3 heterocycles. The number of carbonyl (C=O) groups is 1. The lowest BCUT2D eigenvalue weighted by atomic mass is 9.91. The largest absolute Gasteiger partial charge is 0.339 e. The minimum atomic E-state index is -3.63. The van der Waals surface area contributed by atoms with Crippen molar-refractivity contribution in [2.24, 2.45) is 5.92 Å². The third kappa shape index (κ3) is 4.77. The summed E-state index contributed by atoms with van der Waals surface area (Å²) in [5, 5.41) is 0. The van der Waals surface area contributed by atoms with Gasteiger partial charge >= 0.3 is 0 Å². The Kier molecular flexibility index (Phi) is 6.34. The highest BCUT2D eigenvalue weighted by atomic mass is 32.2. The van der Waals surface area contributed by atoms with Crippen LogP contribution in [0.4, 0.5) is 4.39 Å². The number of aryl methyl sites for hydroxylation is 1. The molecule has 166 valence electrons. The molecule has 31 heavy (non-hydrogen) atoms. The Morgan fingerprint density at radius 3 is 2.39 bits per heavy atom. The predicted molar refractivity (Wildman–Crippen MR) is 113 cm³/mol. The Morgan fingerprint density at radius 2 is 1.74 bits per heavy atom. The van der Waals surface area contributed by atoms with Gasteiger partial charge in [0.2, 0.25) is 10.0 Å². The molecule has 0 saturated carbocycles.